The van der Waals surface area contributed by atoms with Gasteiger partial charge in [0.1, 0.15) is 5.01 Å². The number of benzene rings is 1. The van der Waals surface area contributed by atoms with Crippen molar-refractivity contribution in [2.45, 2.75) is 49.6 Å². The minimum Gasteiger partial charge on any atom is -0.240 e. The lowest BCUT2D eigenvalue weighted by Gasteiger charge is -2.10. The normalized spacial score (nSPS) is 15.2. The van der Waals surface area contributed by atoms with Gasteiger partial charge in [0.25, 0.3) is 0 Å². The molecule has 0 bridgehead atoms. The molecule has 7 heteroatoms. The van der Waals surface area contributed by atoms with Crippen LogP contribution < -0.4 is 0 Å². The molecule has 1 saturated carbocycles. The van der Waals surface area contributed by atoms with Crippen LogP contribution in [0.5, 0.6) is 0 Å². The highest BCUT2D eigenvalue weighted by Gasteiger charge is 2.21. The molecule has 0 radical (unpaired) electrons. The first-order chi connectivity index (χ1) is 11.8. The molecule has 24 heavy (non-hydrogen) atoms. The van der Waals surface area contributed by atoms with Crippen molar-refractivity contribution in [2.24, 2.45) is 0 Å². The zero-order valence-corrected chi connectivity index (χ0v) is 15.2. The topological polar surface area (TPSA) is 56.5 Å². The third kappa shape index (κ3) is 3.37. The molecule has 1 fully saturated rings. The molecule has 1 aliphatic rings. The number of aryl methyl sites for hydroxylation is 1. The summed E-state index contributed by atoms with van der Waals surface area (Å²) in [5, 5.41) is 16.4. The molecule has 0 saturated heterocycles. The van der Waals surface area contributed by atoms with Crippen LogP contribution >= 0.6 is 23.1 Å². The fourth-order valence-corrected chi connectivity index (χ4v) is 4.77. The number of rotatable bonds is 5. The molecule has 2 heterocycles. The maximum atomic E-state index is 4.76. The van der Waals surface area contributed by atoms with Crippen LogP contribution in [0.1, 0.15) is 43.0 Å². The molecule has 0 spiro atoms. The molecule has 1 aromatic carbocycles. The molecule has 5 nitrogen and oxygen atoms in total. The highest BCUT2D eigenvalue weighted by atomic mass is 32.2. The minimum absolute atomic E-state index is 0.473. The van der Waals surface area contributed by atoms with Crippen LogP contribution in [0.2, 0.25) is 0 Å². The summed E-state index contributed by atoms with van der Waals surface area (Å²) in [7, 11) is 0. The van der Waals surface area contributed by atoms with Crippen molar-refractivity contribution in [3.63, 3.8) is 0 Å². The molecule has 3 aromatic rings. The molecule has 1 aliphatic carbocycles. The van der Waals surface area contributed by atoms with Gasteiger partial charge in [-0.15, -0.1) is 16.4 Å². The molecule has 0 atom stereocenters. The first-order valence-electron chi connectivity index (χ1n) is 8.22. The van der Waals surface area contributed by atoms with E-state index in [1.54, 1.807) is 23.1 Å². The van der Waals surface area contributed by atoms with Gasteiger partial charge in [0.2, 0.25) is 5.16 Å². The van der Waals surface area contributed by atoms with Gasteiger partial charge in [-0.2, -0.15) is 0 Å². The molecule has 124 valence electrons. The first-order valence-corrected chi connectivity index (χ1v) is 10.1. The number of hydrogen-bond acceptors (Lipinski definition) is 6. The van der Waals surface area contributed by atoms with Crippen molar-refractivity contribution >= 4 is 23.1 Å². The molecule has 0 unspecified atom stereocenters. The van der Waals surface area contributed by atoms with Gasteiger partial charge in [-0.1, -0.05) is 54.4 Å². The van der Waals surface area contributed by atoms with Crippen molar-refractivity contribution in [1.82, 2.24) is 25.2 Å². The Kier molecular flexibility index (Phi) is 4.62. The summed E-state index contributed by atoms with van der Waals surface area (Å²) in [5.74, 6) is 0.801. The second-order valence-electron chi connectivity index (χ2n) is 6.14. The van der Waals surface area contributed by atoms with E-state index in [2.05, 4.69) is 52.1 Å². The smallest absolute Gasteiger partial charge is 0.209 e. The number of hydrogen-bond donors (Lipinski definition) is 0. The lowest BCUT2D eigenvalue weighted by atomic mass is 10.2. The highest BCUT2D eigenvalue weighted by molar-refractivity contribution is 7.98. The Morgan fingerprint density at radius 3 is 2.79 bits per heavy atom. The van der Waals surface area contributed by atoms with Crippen LogP contribution in [0.25, 0.3) is 10.6 Å². The van der Waals surface area contributed by atoms with Gasteiger partial charge in [-0.25, -0.2) is 9.67 Å². The van der Waals surface area contributed by atoms with E-state index in [0.29, 0.717) is 6.04 Å². The van der Waals surface area contributed by atoms with Gasteiger partial charge < -0.3 is 0 Å². The first kappa shape index (κ1) is 15.8. The highest BCUT2D eigenvalue weighted by Crippen LogP contribution is 2.33. The number of tetrazole rings is 1. The van der Waals surface area contributed by atoms with E-state index < -0.39 is 0 Å². The summed E-state index contributed by atoms with van der Waals surface area (Å²) >= 11 is 3.37. The molecule has 2 aromatic heterocycles. The van der Waals surface area contributed by atoms with Crippen molar-refractivity contribution in [2.75, 3.05) is 0 Å². The van der Waals surface area contributed by atoms with Crippen molar-refractivity contribution < 1.29 is 0 Å². The third-order valence-corrected chi connectivity index (χ3v) is 6.24. The molecular formula is C17H19N5S2. The maximum Gasteiger partial charge on any atom is 0.209 e. The average molecular weight is 358 g/mol. The van der Waals surface area contributed by atoms with Gasteiger partial charge in [0.15, 0.2) is 0 Å². The summed E-state index contributed by atoms with van der Waals surface area (Å²) in [6.07, 6.45) is 4.93. The SMILES string of the molecule is Cc1ccc(-c2nc(CSc3nnnn3C3CCCC3)cs2)cc1. The van der Waals surface area contributed by atoms with E-state index in [0.717, 1.165) is 21.6 Å². The van der Waals surface area contributed by atoms with E-state index in [-0.39, 0.29) is 0 Å². The van der Waals surface area contributed by atoms with Crippen LogP contribution in [-0.4, -0.2) is 25.2 Å². The standard InChI is InChI=1S/C17H19N5S2/c1-12-6-8-13(9-7-12)16-18-14(10-23-16)11-24-17-19-20-21-22(17)15-4-2-3-5-15/h6-10,15H,2-5,11H2,1H3. The molecule has 4 rings (SSSR count). The molecule has 0 aliphatic heterocycles. The molecule has 0 amide bonds. The van der Waals surface area contributed by atoms with Gasteiger partial charge >= 0.3 is 0 Å². The van der Waals surface area contributed by atoms with Crippen LogP contribution in [0, 0.1) is 6.92 Å². The van der Waals surface area contributed by atoms with Crippen molar-refractivity contribution in [3.05, 3.63) is 40.9 Å². The van der Waals surface area contributed by atoms with Gasteiger partial charge in [-0.05, 0) is 30.2 Å². The van der Waals surface area contributed by atoms with Crippen LogP contribution in [0.15, 0.2) is 34.8 Å². The predicted molar refractivity (Wildman–Crippen MR) is 97.2 cm³/mol. The van der Waals surface area contributed by atoms with E-state index >= 15 is 0 Å². The number of aromatic nitrogens is 5. The summed E-state index contributed by atoms with van der Waals surface area (Å²) in [6.45, 7) is 2.10. The summed E-state index contributed by atoms with van der Waals surface area (Å²) in [6, 6.07) is 8.99. The maximum absolute atomic E-state index is 4.76. The van der Waals surface area contributed by atoms with E-state index in [1.807, 2.05) is 4.68 Å². The summed E-state index contributed by atoms with van der Waals surface area (Å²) < 4.78 is 2.00. The second-order valence-corrected chi connectivity index (χ2v) is 7.94. The van der Waals surface area contributed by atoms with Crippen molar-refractivity contribution in [3.8, 4) is 10.6 Å². The monoisotopic (exact) mass is 357 g/mol. The van der Waals surface area contributed by atoms with Crippen LogP contribution in [0.4, 0.5) is 0 Å². The Bertz CT molecular complexity index is 803. The van der Waals surface area contributed by atoms with Gasteiger partial charge in [0, 0.05) is 16.7 Å². The Balaban J connectivity index is 1.44. The molecular weight excluding hydrogens is 338 g/mol. The molecule has 0 N–H and O–H groups in total. The van der Waals surface area contributed by atoms with Gasteiger partial charge in [-0.3, -0.25) is 0 Å². The predicted octanol–water partition coefficient (Wildman–Crippen LogP) is 4.51. The third-order valence-electron chi connectivity index (χ3n) is 4.33. The fraction of sp³-hybridized carbons (Fsp3) is 0.412. The van der Waals surface area contributed by atoms with Gasteiger partial charge in [0.05, 0.1) is 11.7 Å². The zero-order chi connectivity index (χ0) is 16.4. The fourth-order valence-electron chi connectivity index (χ4n) is 3.00. The zero-order valence-electron chi connectivity index (χ0n) is 13.6. The number of thiazole rings is 1. The quantitative estimate of drug-likeness (QED) is 0.629. The number of thioether (sulfide) groups is 1. The lowest BCUT2D eigenvalue weighted by molar-refractivity contribution is 0.423. The van der Waals surface area contributed by atoms with E-state index in [1.165, 1.54) is 36.8 Å². The van der Waals surface area contributed by atoms with Crippen molar-refractivity contribution in [1.29, 1.82) is 0 Å². The Labute approximate surface area is 149 Å². The van der Waals surface area contributed by atoms with E-state index in [9.17, 15) is 0 Å². The lowest BCUT2D eigenvalue weighted by Crippen LogP contribution is -2.08. The van der Waals surface area contributed by atoms with Crippen LogP contribution in [0.3, 0.4) is 0 Å². The summed E-state index contributed by atoms with van der Waals surface area (Å²) in [5.41, 5.74) is 3.53. The largest absolute Gasteiger partial charge is 0.240 e. The minimum atomic E-state index is 0.473. The number of nitrogens with zero attached hydrogens (tertiary/aromatic N) is 5. The summed E-state index contributed by atoms with van der Waals surface area (Å²) in [4.78, 5) is 4.76. The second kappa shape index (κ2) is 7.03. The Morgan fingerprint density at radius 2 is 2.00 bits per heavy atom. The Hall–Kier alpha value is -1.73. The Morgan fingerprint density at radius 1 is 1.21 bits per heavy atom. The average Bonchev–Trinajstić information content (AvgIpc) is 3.34. The van der Waals surface area contributed by atoms with E-state index in [4.69, 9.17) is 4.98 Å². The van der Waals surface area contributed by atoms with Crippen LogP contribution in [-0.2, 0) is 5.75 Å².